The molecular formula is C20H18F3N3O5. The number of methoxy groups -OCH3 is 2. The normalized spacial score (nSPS) is 15.6. The smallest absolute Gasteiger partial charge is 0.325 e. The van der Waals surface area contributed by atoms with E-state index in [2.05, 4.69) is 10.6 Å². The summed E-state index contributed by atoms with van der Waals surface area (Å²) < 4.78 is 50.3. The number of halogens is 3. The molecule has 8 nitrogen and oxygen atoms in total. The molecule has 1 atom stereocenters. The molecular weight excluding hydrogens is 419 g/mol. The van der Waals surface area contributed by atoms with Gasteiger partial charge in [-0.05, 0) is 29.8 Å². The molecule has 2 aromatic rings. The second-order valence-electron chi connectivity index (χ2n) is 6.59. The van der Waals surface area contributed by atoms with Crippen molar-refractivity contribution in [1.29, 1.82) is 0 Å². The van der Waals surface area contributed by atoms with Crippen molar-refractivity contribution in [3.05, 3.63) is 53.3 Å². The second kappa shape index (κ2) is 8.94. The van der Waals surface area contributed by atoms with Crippen LogP contribution in [0, 0.1) is 17.5 Å². The molecule has 0 aliphatic carbocycles. The van der Waals surface area contributed by atoms with Gasteiger partial charge in [0.05, 0.1) is 32.9 Å². The van der Waals surface area contributed by atoms with Gasteiger partial charge in [0.1, 0.15) is 6.04 Å². The highest BCUT2D eigenvalue weighted by Gasteiger charge is 2.39. The molecule has 0 bridgehead atoms. The Morgan fingerprint density at radius 2 is 1.77 bits per heavy atom. The maximum Gasteiger partial charge on any atom is 0.325 e. The van der Waals surface area contributed by atoms with E-state index in [9.17, 15) is 27.6 Å². The average Bonchev–Trinajstić information content (AvgIpc) is 3.01. The van der Waals surface area contributed by atoms with Crippen LogP contribution in [0.5, 0.6) is 11.5 Å². The van der Waals surface area contributed by atoms with Crippen LogP contribution in [0.1, 0.15) is 12.0 Å². The SMILES string of the molecule is COc1ccc(CN2C(=O)N[C@@H](CC(=O)Nc3ccc(F)c(F)c3F)C2=O)cc1OC. The zero-order chi connectivity index (χ0) is 22.7. The summed E-state index contributed by atoms with van der Waals surface area (Å²) in [6.45, 7) is -0.0824. The Labute approximate surface area is 174 Å². The average molecular weight is 437 g/mol. The van der Waals surface area contributed by atoms with Crippen molar-refractivity contribution in [2.45, 2.75) is 19.0 Å². The van der Waals surface area contributed by atoms with Gasteiger partial charge >= 0.3 is 6.03 Å². The first-order chi connectivity index (χ1) is 14.7. The molecule has 0 spiro atoms. The maximum atomic E-state index is 13.7. The minimum absolute atomic E-state index is 0.0824. The molecule has 31 heavy (non-hydrogen) atoms. The predicted molar refractivity (Wildman–Crippen MR) is 102 cm³/mol. The number of anilines is 1. The van der Waals surface area contributed by atoms with Crippen LogP contribution in [0.4, 0.5) is 23.7 Å². The number of ether oxygens (including phenoxy) is 2. The number of hydrogen-bond acceptors (Lipinski definition) is 5. The minimum Gasteiger partial charge on any atom is -0.493 e. The number of imide groups is 1. The van der Waals surface area contributed by atoms with E-state index in [1.807, 2.05) is 0 Å². The molecule has 164 valence electrons. The van der Waals surface area contributed by atoms with Crippen molar-refractivity contribution in [1.82, 2.24) is 10.2 Å². The van der Waals surface area contributed by atoms with Gasteiger partial charge in [-0.2, -0.15) is 0 Å². The zero-order valence-corrected chi connectivity index (χ0v) is 16.5. The van der Waals surface area contributed by atoms with E-state index in [0.29, 0.717) is 23.1 Å². The van der Waals surface area contributed by atoms with E-state index in [0.717, 1.165) is 11.0 Å². The summed E-state index contributed by atoms with van der Waals surface area (Å²) in [6.07, 6.45) is -0.522. The number of urea groups is 1. The fourth-order valence-electron chi connectivity index (χ4n) is 3.04. The number of nitrogens with zero attached hydrogens (tertiary/aromatic N) is 1. The quantitative estimate of drug-likeness (QED) is 0.513. The number of carbonyl (C=O) groups excluding carboxylic acids is 3. The topological polar surface area (TPSA) is 97.0 Å². The first kappa shape index (κ1) is 21.9. The summed E-state index contributed by atoms with van der Waals surface area (Å²) in [5.41, 5.74) is -0.00188. The molecule has 1 fully saturated rings. The van der Waals surface area contributed by atoms with Gasteiger partial charge in [-0.1, -0.05) is 6.07 Å². The molecule has 0 aromatic heterocycles. The monoisotopic (exact) mass is 437 g/mol. The van der Waals surface area contributed by atoms with Gasteiger partial charge < -0.3 is 20.1 Å². The lowest BCUT2D eigenvalue weighted by molar-refractivity contribution is -0.130. The number of nitrogens with one attached hydrogen (secondary N) is 2. The van der Waals surface area contributed by atoms with Crippen molar-refractivity contribution in [3.8, 4) is 11.5 Å². The van der Waals surface area contributed by atoms with Gasteiger partial charge in [0.2, 0.25) is 5.91 Å². The zero-order valence-electron chi connectivity index (χ0n) is 16.5. The van der Waals surface area contributed by atoms with Gasteiger partial charge in [0.25, 0.3) is 5.91 Å². The van der Waals surface area contributed by atoms with Crippen LogP contribution in [0.3, 0.4) is 0 Å². The minimum atomic E-state index is -1.73. The summed E-state index contributed by atoms with van der Waals surface area (Å²) in [5.74, 6) is -5.34. The Bertz CT molecular complexity index is 1050. The molecule has 3 rings (SSSR count). The lowest BCUT2D eigenvalue weighted by Gasteiger charge is -2.15. The molecule has 1 aliphatic heterocycles. The van der Waals surface area contributed by atoms with E-state index in [1.54, 1.807) is 18.2 Å². The molecule has 4 amide bonds. The number of amides is 4. The van der Waals surface area contributed by atoms with Crippen LogP contribution in [0.25, 0.3) is 0 Å². The van der Waals surface area contributed by atoms with Crippen LogP contribution in [0.2, 0.25) is 0 Å². The Hall–Kier alpha value is -3.76. The number of carbonyl (C=O) groups is 3. The van der Waals surface area contributed by atoms with Crippen LogP contribution in [0.15, 0.2) is 30.3 Å². The van der Waals surface area contributed by atoms with Crippen LogP contribution in [-0.4, -0.2) is 43.0 Å². The molecule has 1 aliphatic rings. The largest absolute Gasteiger partial charge is 0.493 e. The highest BCUT2D eigenvalue weighted by molar-refractivity contribution is 6.06. The van der Waals surface area contributed by atoms with Crippen molar-refractivity contribution in [2.24, 2.45) is 0 Å². The summed E-state index contributed by atoms with van der Waals surface area (Å²) in [5, 5.41) is 4.43. The molecule has 11 heteroatoms. The van der Waals surface area contributed by atoms with Crippen molar-refractivity contribution < 1.29 is 37.0 Å². The van der Waals surface area contributed by atoms with Gasteiger partial charge in [0, 0.05) is 0 Å². The molecule has 0 radical (unpaired) electrons. The highest BCUT2D eigenvalue weighted by Crippen LogP contribution is 2.28. The van der Waals surface area contributed by atoms with Crippen LogP contribution < -0.4 is 20.1 Å². The summed E-state index contributed by atoms with van der Waals surface area (Å²) in [4.78, 5) is 37.8. The van der Waals surface area contributed by atoms with E-state index < -0.39 is 53.4 Å². The van der Waals surface area contributed by atoms with E-state index in [-0.39, 0.29) is 6.54 Å². The lowest BCUT2D eigenvalue weighted by atomic mass is 10.1. The second-order valence-corrected chi connectivity index (χ2v) is 6.59. The van der Waals surface area contributed by atoms with E-state index in [1.165, 1.54) is 14.2 Å². The summed E-state index contributed by atoms with van der Waals surface area (Å²) in [7, 11) is 2.91. The van der Waals surface area contributed by atoms with Crippen molar-refractivity contribution >= 4 is 23.5 Å². The van der Waals surface area contributed by atoms with Gasteiger partial charge in [-0.25, -0.2) is 18.0 Å². The Morgan fingerprint density at radius 1 is 1.06 bits per heavy atom. The third-order valence-electron chi connectivity index (χ3n) is 4.59. The number of hydrogen-bond donors (Lipinski definition) is 2. The fourth-order valence-corrected chi connectivity index (χ4v) is 3.04. The van der Waals surface area contributed by atoms with Crippen LogP contribution in [-0.2, 0) is 16.1 Å². The first-order valence-corrected chi connectivity index (χ1v) is 9.01. The first-order valence-electron chi connectivity index (χ1n) is 9.01. The third-order valence-corrected chi connectivity index (χ3v) is 4.59. The number of benzene rings is 2. The molecule has 0 unspecified atom stereocenters. The van der Waals surface area contributed by atoms with Gasteiger partial charge in [0.15, 0.2) is 29.0 Å². The third kappa shape index (κ3) is 4.55. The summed E-state index contributed by atoms with van der Waals surface area (Å²) in [6, 6.07) is 4.47. The van der Waals surface area contributed by atoms with Gasteiger partial charge in [-0.3, -0.25) is 14.5 Å². The van der Waals surface area contributed by atoms with Gasteiger partial charge in [-0.15, -0.1) is 0 Å². The van der Waals surface area contributed by atoms with Crippen molar-refractivity contribution in [3.63, 3.8) is 0 Å². The Morgan fingerprint density at radius 3 is 2.45 bits per heavy atom. The maximum absolute atomic E-state index is 13.7. The predicted octanol–water partition coefficient (Wildman–Crippen LogP) is 2.57. The van der Waals surface area contributed by atoms with Crippen LogP contribution >= 0.6 is 0 Å². The summed E-state index contributed by atoms with van der Waals surface area (Å²) >= 11 is 0. The Balaban J connectivity index is 1.66. The fraction of sp³-hybridized carbons (Fsp3) is 0.250. The molecule has 1 saturated heterocycles. The lowest BCUT2D eigenvalue weighted by Crippen LogP contribution is -2.34. The number of rotatable bonds is 7. The Kier molecular flexibility index (Phi) is 6.33. The van der Waals surface area contributed by atoms with E-state index in [4.69, 9.17) is 9.47 Å². The molecule has 0 saturated carbocycles. The molecule has 2 N–H and O–H groups in total. The van der Waals surface area contributed by atoms with E-state index >= 15 is 0 Å². The molecule has 1 heterocycles. The standard InChI is InChI=1S/C20H18F3N3O5/c1-30-14-6-3-10(7-15(14)31-2)9-26-19(28)13(25-20(26)29)8-16(27)24-12-5-4-11(21)17(22)18(12)23/h3-7,13H,8-9H2,1-2H3,(H,24,27)(H,25,29)/t13-/m0/s1. The molecule has 2 aromatic carbocycles. The van der Waals surface area contributed by atoms with Crippen molar-refractivity contribution in [2.75, 3.05) is 19.5 Å². The highest BCUT2D eigenvalue weighted by atomic mass is 19.2.